The van der Waals surface area contributed by atoms with Crippen molar-refractivity contribution in [3.63, 3.8) is 0 Å². The lowest BCUT2D eigenvalue weighted by Crippen LogP contribution is -2.54. The summed E-state index contributed by atoms with van der Waals surface area (Å²) in [5.41, 5.74) is 0.705. The summed E-state index contributed by atoms with van der Waals surface area (Å²) in [5, 5.41) is 2.18. The minimum atomic E-state index is -0.889. The van der Waals surface area contributed by atoms with Crippen LogP contribution in [0.4, 0.5) is 14.9 Å². The SMILES string of the molecule is COc1cc(/C=C2\C(=O)NC(=O)N(c3ccc4c(c3)OCO4)C2=O)c(Br)cc1OCc1ccccc1F. The molecule has 0 aliphatic carbocycles. The fourth-order valence-corrected chi connectivity index (χ4v) is 4.21. The molecule has 3 aromatic carbocycles. The second-order valence-electron chi connectivity index (χ2n) is 7.90. The lowest BCUT2D eigenvalue weighted by molar-refractivity contribution is -0.122. The first-order valence-corrected chi connectivity index (χ1v) is 11.7. The number of fused-ring (bicyclic) bond motifs is 1. The van der Waals surface area contributed by atoms with Crippen LogP contribution in [0.2, 0.25) is 0 Å². The van der Waals surface area contributed by atoms with Gasteiger partial charge in [-0.3, -0.25) is 14.9 Å². The molecule has 0 spiro atoms. The third-order valence-corrected chi connectivity index (χ3v) is 6.33. The fraction of sp³-hybridized carbons (Fsp3) is 0.115. The summed E-state index contributed by atoms with van der Waals surface area (Å²) in [6, 6.07) is 13.0. The summed E-state index contributed by atoms with van der Waals surface area (Å²) >= 11 is 3.42. The van der Waals surface area contributed by atoms with Gasteiger partial charge in [-0.05, 0) is 42.0 Å². The normalized spacial score (nSPS) is 15.7. The van der Waals surface area contributed by atoms with E-state index in [2.05, 4.69) is 21.2 Å². The third-order valence-electron chi connectivity index (χ3n) is 5.64. The summed E-state index contributed by atoms with van der Waals surface area (Å²) in [6.07, 6.45) is 1.33. The van der Waals surface area contributed by atoms with E-state index < -0.39 is 23.7 Å². The van der Waals surface area contributed by atoms with Crippen LogP contribution in [-0.4, -0.2) is 31.7 Å². The average molecular weight is 569 g/mol. The van der Waals surface area contributed by atoms with Crippen molar-refractivity contribution in [1.29, 1.82) is 0 Å². The summed E-state index contributed by atoms with van der Waals surface area (Å²) in [6.45, 7) is -0.0121. The number of halogens is 2. The number of imide groups is 2. The zero-order valence-corrected chi connectivity index (χ0v) is 20.8. The Morgan fingerprint density at radius 3 is 2.62 bits per heavy atom. The van der Waals surface area contributed by atoms with Gasteiger partial charge in [0.15, 0.2) is 23.0 Å². The molecule has 0 saturated carbocycles. The van der Waals surface area contributed by atoms with Gasteiger partial charge in [0.2, 0.25) is 6.79 Å². The molecular formula is C26H18BrFN2O7. The van der Waals surface area contributed by atoms with Gasteiger partial charge in [-0.15, -0.1) is 0 Å². The number of hydrogen-bond donors (Lipinski definition) is 1. The maximum Gasteiger partial charge on any atom is 0.335 e. The molecule has 0 unspecified atom stereocenters. The largest absolute Gasteiger partial charge is 0.493 e. The number of carbonyl (C=O) groups is 3. The van der Waals surface area contributed by atoms with Crippen LogP contribution in [0.5, 0.6) is 23.0 Å². The predicted molar refractivity (Wildman–Crippen MR) is 133 cm³/mol. The highest BCUT2D eigenvalue weighted by Gasteiger charge is 2.37. The van der Waals surface area contributed by atoms with E-state index in [0.29, 0.717) is 38.6 Å². The summed E-state index contributed by atoms with van der Waals surface area (Å²) in [5.74, 6) is -0.607. The number of anilines is 1. The highest BCUT2D eigenvalue weighted by Crippen LogP contribution is 2.38. The lowest BCUT2D eigenvalue weighted by Gasteiger charge is -2.26. The number of rotatable bonds is 6. The van der Waals surface area contributed by atoms with Crippen LogP contribution < -0.4 is 29.2 Å². The minimum absolute atomic E-state index is 0.0262. The first-order valence-electron chi connectivity index (χ1n) is 10.9. The molecule has 4 amide bonds. The number of methoxy groups -OCH3 is 1. The number of nitrogens with zero attached hydrogens (tertiary/aromatic N) is 1. The van der Waals surface area contributed by atoms with Gasteiger partial charge >= 0.3 is 6.03 Å². The van der Waals surface area contributed by atoms with Crippen molar-refractivity contribution in [3.05, 3.63) is 81.6 Å². The Kier molecular flexibility index (Phi) is 6.53. The zero-order chi connectivity index (χ0) is 26.1. The molecule has 0 bridgehead atoms. The minimum Gasteiger partial charge on any atom is -0.493 e. The van der Waals surface area contributed by atoms with Gasteiger partial charge in [-0.1, -0.05) is 34.1 Å². The van der Waals surface area contributed by atoms with E-state index in [-0.39, 0.29) is 24.7 Å². The van der Waals surface area contributed by atoms with Crippen LogP contribution in [0, 0.1) is 5.82 Å². The molecule has 9 nitrogen and oxygen atoms in total. The molecule has 3 aromatic rings. The van der Waals surface area contributed by atoms with E-state index in [1.54, 1.807) is 36.4 Å². The van der Waals surface area contributed by atoms with Crippen molar-refractivity contribution in [3.8, 4) is 23.0 Å². The molecule has 0 aromatic heterocycles. The number of nitrogens with one attached hydrogen (secondary N) is 1. The fourth-order valence-electron chi connectivity index (χ4n) is 3.78. The van der Waals surface area contributed by atoms with Gasteiger partial charge in [-0.25, -0.2) is 14.1 Å². The number of carbonyl (C=O) groups excluding carboxylic acids is 3. The van der Waals surface area contributed by atoms with Crippen molar-refractivity contribution in [2.45, 2.75) is 6.61 Å². The highest BCUT2D eigenvalue weighted by atomic mass is 79.9. The maximum atomic E-state index is 14.0. The molecule has 11 heteroatoms. The van der Waals surface area contributed by atoms with Gasteiger partial charge < -0.3 is 18.9 Å². The quantitative estimate of drug-likeness (QED) is 0.343. The maximum absolute atomic E-state index is 14.0. The molecule has 37 heavy (non-hydrogen) atoms. The van der Waals surface area contributed by atoms with Gasteiger partial charge in [-0.2, -0.15) is 0 Å². The Morgan fingerprint density at radius 2 is 1.84 bits per heavy atom. The summed E-state index contributed by atoms with van der Waals surface area (Å²) in [4.78, 5) is 39.3. The van der Waals surface area contributed by atoms with Crippen molar-refractivity contribution >= 4 is 45.5 Å². The number of ether oxygens (including phenoxy) is 4. The Hall–Kier alpha value is -4.38. The van der Waals surface area contributed by atoms with E-state index >= 15 is 0 Å². The zero-order valence-electron chi connectivity index (χ0n) is 19.2. The number of hydrogen-bond acceptors (Lipinski definition) is 7. The molecule has 188 valence electrons. The van der Waals surface area contributed by atoms with Crippen LogP contribution >= 0.6 is 15.9 Å². The average Bonchev–Trinajstić information content (AvgIpc) is 3.35. The van der Waals surface area contributed by atoms with Crippen LogP contribution in [0.25, 0.3) is 6.08 Å². The Morgan fingerprint density at radius 1 is 1.05 bits per heavy atom. The monoisotopic (exact) mass is 568 g/mol. The number of barbiturate groups is 1. The van der Waals surface area contributed by atoms with Crippen molar-refractivity contribution in [2.24, 2.45) is 0 Å². The smallest absolute Gasteiger partial charge is 0.335 e. The van der Waals surface area contributed by atoms with E-state index in [0.717, 1.165) is 4.90 Å². The van der Waals surface area contributed by atoms with Crippen molar-refractivity contribution < 1.29 is 37.7 Å². The van der Waals surface area contributed by atoms with E-state index in [1.807, 2.05) is 0 Å². The number of amides is 4. The topological polar surface area (TPSA) is 103 Å². The standard InChI is InChI=1S/C26H18BrFN2O7/c1-34-21-9-15(18(27)11-23(21)35-12-14-4-2-3-5-19(14)28)8-17-24(31)29-26(33)30(25(17)32)16-6-7-20-22(10-16)37-13-36-20/h2-11H,12-13H2,1H3,(H,29,31,33)/b17-8+. The van der Waals surface area contributed by atoms with Gasteiger partial charge in [0.25, 0.3) is 11.8 Å². The molecule has 1 saturated heterocycles. The van der Waals surface area contributed by atoms with Crippen LogP contribution in [0.1, 0.15) is 11.1 Å². The van der Waals surface area contributed by atoms with E-state index in [1.165, 1.54) is 31.4 Å². The van der Waals surface area contributed by atoms with Gasteiger partial charge in [0.05, 0.1) is 12.8 Å². The van der Waals surface area contributed by atoms with Crippen LogP contribution in [0.15, 0.2) is 64.6 Å². The molecule has 0 radical (unpaired) electrons. The molecule has 2 aliphatic heterocycles. The van der Waals surface area contributed by atoms with Gasteiger partial charge in [0, 0.05) is 16.1 Å². The molecule has 5 rings (SSSR count). The van der Waals surface area contributed by atoms with E-state index in [4.69, 9.17) is 18.9 Å². The molecular weight excluding hydrogens is 551 g/mol. The van der Waals surface area contributed by atoms with Crippen LogP contribution in [0.3, 0.4) is 0 Å². The first kappa shape index (κ1) is 24.3. The lowest BCUT2D eigenvalue weighted by atomic mass is 10.1. The Labute approximate surface area is 218 Å². The van der Waals surface area contributed by atoms with Crippen LogP contribution in [-0.2, 0) is 16.2 Å². The van der Waals surface area contributed by atoms with Gasteiger partial charge in [0.1, 0.15) is 18.0 Å². The molecule has 1 fully saturated rings. The molecule has 1 N–H and O–H groups in total. The Bertz CT molecular complexity index is 1470. The molecule has 2 aliphatic rings. The van der Waals surface area contributed by atoms with Crippen molar-refractivity contribution in [2.75, 3.05) is 18.8 Å². The predicted octanol–water partition coefficient (Wildman–Crippen LogP) is 4.57. The molecule has 2 heterocycles. The first-order chi connectivity index (χ1) is 17.9. The molecule has 0 atom stereocenters. The highest BCUT2D eigenvalue weighted by molar-refractivity contribution is 9.10. The summed E-state index contributed by atoms with van der Waals surface area (Å²) < 4.78 is 36.2. The Balaban J connectivity index is 1.44. The van der Waals surface area contributed by atoms with Crippen molar-refractivity contribution in [1.82, 2.24) is 5.32 Å². The second kappa shape index (κ2) is 9.94. The third kappa shape index (κ3) is 4.73. The van der Waals surface area contributed by atoms with E-state index in [9.17, 15) is 18.8 Å². The number of benzene rings is 3. The number of urea groups is 1. The summed E-state index contributed by atoms with van der Waals surface area (Å²) in [7, 11) is 1.43. The second-order valence-corrected chi connectivity index (χ2v) is 8.75.